The van der Waals surface area contributed by atoms with Crippen LogP contribution < -0.4 is 10.2 Å². The van der Waals surface area contributed by atoms with Gasteiger partial charge in [0, 0.05) is 18.7 Å². The monoisotopic (exact) mass is 362 g/mol. The maximum absolute atomic E-state index is 12.1. The molecular formula is C16H15BrN2O3. The van der Waals surface area contributed by atoms with Gasteiger partial charge < -0.3 is 14.6 Å². The van der Waals surface area contributed by atoms with Crippen molar-refractivity contribution < 1.29 is 14.0 Å². The molecule has 0 spiro atoms. The lowest BCUT2D eigenvalue weighted by Gasteiger charge is -2.17. The molecule has 1 fully saturated rings. The molecule has 0 bridgehead atoms. The van der Waals surface area contributed by atoms with Crippen molar-refractivity contribution in [2.75, 3.05) is 11.4 Å². The zero-order valence-corrected chi connectivity index (χ0v) is 13.6. The van der Waals surface area contributed by atoms with Crippen LogP contribution in [0.15, 0.2) is 45.5 Å². The molecule has 1 unspecified atom stereocenters. The third kappa shape index (κ3) is 3.06. The summed E-state index contributed by atoms with van der Waals surface area (Å²) in [6, 6.07) is 10.8. The van der Waals surface area contributed by atoms with Gasteiger partial charge in [0.1, 0.15) is 0 Å². The predicted octanol–water partition coefficient (Wildman–Crippen LogP) is 2.89. The maximum atomic E-state index is 12.1. The quantitative estimate of drug-likeness (QED) is 0.912. The van der Waals surface area contributed by atoms with Crippen molar-refractivity contribution in [3.8, 4) is 0 Å². The molecule has 1 aliphatic heterocycles. The van der Waals surface area contributed by atoms with Crippen LogP contribution in [-0.2, 0) is 4.79 Å². The summed E-state index contributed by atoms with van der Waals surface area (Å²) in [7, 11) is 0. The summed E-state index contributed by atoms with van der Waals surface area (Å²) in [4.78, 5) is 25.9. The molecule has 3 rings (SSSR count). The molecule has 114 valence electrons. The third-order valence-corrected chi connectivity index (χ3v) is 4.03. The van der Waals surface area contributed by atoms with E-state index >= 15 is 0 Å². The number of hydrogen-bond donors (Lipinski definition) is 1. The van der Waals surface area contributed by atoms with E-state index in [-0.39, 0.29) is 23.6 Å². The highest BCUT2D eigenvalue weighted by Crippen LogP contribution is 2.22. The highest BCUT2D eigenvalue weighted by molar-refractivity contribution is 9.10. The summed E-state index contributed by atoms with van der Waals surface area (Å²) >= 11 is 3.16. The number of anilines is 1. The second-order valence-electron chi connectivity index (χ2n) is 5.32. The first-order valence-electron chi connectivity index (χ1n) is 6.96. The Morgan fingerprint density at radius 1 is 1.27 bits per heavy atom. The molecule has 1 saturated heterocycles. The van der Waals surface area contributed by atoms with Crippen molar-refractivity contribution in [1.82, 2.24) is 5.32 Å². The van der Waals surface area contributed by atoms with Crippen LogP contribution in [0.2, 0.25) is 0 Å². The molecule has 5 nitrogen and oxygen atoms in total. The zero-order valence-electron chi connectivity index (χ0n) is 12.0. The van der Waals surface area contributed by atoms with Crippen LogP contribution >= 0.6 is 15.9 Å². The van der Waals surface area contributed by atoms with Gasteiger partial charge in [-0.25, -0.2) is 0 Å². The average Bonchev–Trinajstić information content (AvgIpc) is 3.06. The van der Waals surface area contributed by atoms with Crippen LogP contribution in [0.25, 0.3) is 0 Å². The largest absolute Gasteiger partial charge is 0.444 e. The Hall–Kier alpha value is -2.08. The fourth-order valence-corrected chi connectivity index (χ4v) is 2.78. The molecule has 1 aromatic heterocycles. The van der Waals surface area contributed by atoms with Gasteiger partial charge in [-0.05, 0) is 47.1 Å². The van der Waals surface area contributed by atoms with E-state index in [0.717, 1.165) is 11.3 Å². The molecule has 2 amide bonds. The normalized spacial score (nSPS) is 17.8. The van der Waals surface area contributed by atoms with Crippen molar-refractivity contribution in [2.45, 2.75) is 19.4 Å². The molecule has 0 saturated carbocycles. The minimum Gasteiger partial charge on any atom is -0.444 e. The number of carbonyl (C=O) groups excluding carboxylic acids is 2. The Kier molecular flexibility index (Phi) is 4.02. The van der Waals surface area contributed by atoms with Crippen LogP contribution in [-0.4, -0.2) is 24.4 Å². The fourth-order valence-electron chi connectivity index (χ4n) is 2.47. The summed E-state index contributed by atoms with van der Waals surface area (Å²) in [5, 5.41) is 2.83. The fraction of sp³-hybridized carbons (Fsp3) is 0.250. The number of aryl methyl sites for hydroxylation is 1. The van der Waals surface area contributed by atoms with Crippen LogP contribution in [0.1, 0.15) is 22.5 Å². The van der Waals surface area contributed by atoms with Crippen LogP contribution in [0.3, 0.4) is 0 Å². The van der Waals surface area contributed by atoms with Gasteiger partial charge in [0.15, 0.2) is 10.4 Å². The average molecular weight is 363 g/mol. The summed E-state index contributed by atoms with van der Waals surface area (Å²) in [6.45, 7) is 2.47. The van der Waals surface area contributed by atoms with E-state index in [0.29, 0.717) is 17.6 Å². The van der Waals surface area contributed by atoms with Gasteiger partial charge in [0.05, 0.1) is 6.04 Å². The Labute approximate surface area is 136 Å². The summed E-state index contributed by atoms with van der Waals surface area (Å²) in [6.07, 6.45) is 0.293. The van der Waals surface area contributed by atoms with Crippen LogP contribution in [0, 0.1) is 6.92 Å². The number of carbonyl (C=O) groups is 2. The number of hydrogen-bond acceptors (Lipinski definition) is 3. The van der Waals surface area contributed by atoms with Crippen molar-refractivity contribution in [3.05, 3.63) is 52.4 Å². The molecule has 0 aliphatic carbocycles. The highest BCUT2D eigenvalue weighted by atomic mass is 79.9. The van der Waals surface area contributed by atoms with E-state index in [1.54, 1.807) is 17.0 Å². The first-order chi connectivity index (χ1) is 10.5. The molecule has 6 heteroatoms. The van der Waals surface area contributed by atoms with Gasteiger partial charge in [-0.1, -0.05) is 17.7 Å². The second-order valence-corrected chi connectivity index (χ2v) is 6.10. The first-order valence-corrected chi connectivity index (χ1v) is 7.75. The van der Waals surface area contributed by atoms with Gasteiger partial charge in [0.2, 0.25) is 5.91 Å². The van der Waals surface area contributed by atoms with E-state index in [1.165, 1.54) is 0 Å². The van der Waals surface area contributed by atoms with Gasteiger partial charge in [-0.15, -0.1) is 0 Å². The van der Waals surface area contributed by atoms with Crippen molar-refractivity contribution in [2.24, 2.45) is 0 Å². The third-order valence-electron chi connectivity index (χ3n) is 3.60. The van der Waals surface area contributed by atoms with Crippen molar-refractivity contribution in [3.63, 3.8) is 0 Å². The Balaban J connectivity index is 1.67. The summed E-state index contributed by atoms with van der Waals surface area (Å²) in [5.41, 5.74) is 2.00. The standard InChI is InChI=1S/C16H15BrN2O3/c1-10-2-4-12(5-3-10)19-9-11(8-15(19)20)18-16(21)13-6-7-14(17)22-13/h2-7,11H,8-9H2,1H3,(H,18,21). The van der Waals surface area contributed by atoms with Crippen molar-refractivity contribution >= 4 is 33.4 Å². The molecular weight excluding hydrogens is 348 g/mol. The van der Waals surface area contributed by atoms with Crippen LogP contribution in [0.4, 0.5) is 5.69 Å². The molecule has 2 aromatic rings. The van der Waals surface area contributed by atoms with E-state index in [1.807, 2.05) is 31.2 Å². The SMILES string of the molecule is Cc1ccc(N2CC(NC(=O)c3ccc(Br)o3)CC2=O)cc1. The molecule has 1 N–H and O–H groups in total. The zero-order chi connectivity index (χ0) is 15.7. The molecule has 22 heavy (non-hydrogen) atoms. The predicted molar refractivity (Wildman–Crippen MR) is 85.8 cm³/mol. The lowest BCUT2D eigenvalue weighted by atomic mass is 10.2. The number of nitrogens with one attached hydrogen (secondary N) is 1. The number of amides is 2. The Morgan fingerprint density at radius 3 is 2.64 bits per heavy atom. The first kappa shape index (κ1) is 14.8. The molecule has 1 aliphatic rings. The highest BCUT2D eigenvalue weighted by Gasteiger charge is 2.32. The number of nitrogens with zero attached hydrogens (tertiary/aromatic N) is 1. The smallest absolute Gasteiger partial charge is 0.287 e. The van der Waals surface area contributed by atoms with Gasteiger partial charge in [0.25, 0.3) is 5.91 Å². The number of halogens is 1. The molecule has 0 radical (unpaired) electrons. The summed E-state index contributed by atoms with van der Waals surface area (Å²) in [5.74, 6) is -0.0721. The maximum Gasteiger partial charge on any atom is 0.287 e. The number of rotatable bonds is 3. The lowest BCUT2D eigenvalue weighted by molar-refractivity contribution is -0.117. The van der Waals surface area contributed by atoms with Crippen LogP contribution in [0.5, 0.6) is 0 Å². The minimum atomic E-state index is -0.311. The molecule has 2 heterocycles. The van der Waals surface area contributed by atoms with Crippen molar-refractivity contribution in [1.29, 1.82) is 0 Å². The second kappa shape index (κ2) is 5.96. The Bertz CT molecular complexity index is 708. The number of furan rings is 1. The lowest BCUT2D eigenvalue weighted by Crippen LogP contribution is -2.37. The topological polar surface area (TPSA) is 62.6 Å². The number of benzene rings is 1. The summed E-state index contributed by atoms with van der Waals surface area (Å²) < 4.78 is 5.71. The van der Waals surface area contributed by atoms with Gasteiger partial charge in [-0.2, -0.15) is 0 Å². The van der Waals surface area contributed by atoms with E-state index in [9.17, 15) is 9.59 Å². The Morgan fingerprint density at radius 2 is 2.00 bits per heavy atom. The van der Waals surface area contributed by atoms with Gasteiger partial charge in [-0.3, -0.25) is 9.59 Å². The van der Waals surface area contributed by atoms with E-state index in [4.69, 9.17) is 4.42 Å². The molecule has 1 atom stereocenters. The minimum absolute atomic E-state index is 0.00905. The van der Waals surface area contributed by atoms with E-state index in [2.05, 4.69) is 21.2 Å². The molecule has 1 aromatic carbocycles. The van der Waals surface area contributed by atoms with Gasteiger partial charge >= 0.3 is 0 Å². The van der Waals surface area contributed by atoms with E-state index < -0.39 is 0 Å².